The van der Waals surface area contributed by atoms with E-state index in [0.717, 1.165) is 11.2 Å². The molecule has 3 N–H and O–H groups in total. The predicted octanol–water partition coefficient (Wildman–Crippen LogP) is 0.428. The third-order valence-electron chi connectivity index (χ3n) is 2.06. The van der Waals surface area contributed by atoms with Crippen LogP contribution in [0.5, 0.6) is 5.88 Å². The summed E-state index contributed by atoms with van der Waals surface area (Å²) in [4.78, 5) is 8.18. The molecule has 0 amide bonds. The molecule has 0 radical (unpaired) electrons. The topological polar surface area (TPSA) is 84.5 Å². The van der Waals surface area contributed by atoms with Crippen LogP contribution in [0.4, 0.5) is 24.7 Å². The van der Waals surface area contributed by atoms with Gasteiger partial charge in [-0.05, 0) is 0 Å². The highest BCUT2D eigenvalue weighted by molar-refractivity contribution is 5.67. The van der Waals surface area contributed by atoms with Crippen LogP contribution in [0.15, 0.2) is 6.33 Å². The molecule has 0 fully saturated rings. The van der Waals surface area contributed by atoms with Crippen LogP contribution >= 0.6 is 0 Å². The Morgan fingerprint density at radius 1 is 1.44 bits per heavy atom. The smallest absolute Gasteiger partial charge is 0.405 e. The molecule has 0 spiro atoms. The lowest BCUT2D eigenvalue weighted by Crippen LogP contribution is -2.37. The van der Waals surface area contributed by atoms with Crippen molar-refractivity contribution in [3.63, 3.8) is 0 Å². The van der Waals surface area contributed by atoms with Crippen molar-refractivity contribution in [3.05, 3.63) is 6.33 Å². The van der Waals surface area contributed by atoms with E-state index in [1.165, 1.54) is 7.11 Å². The number of halogens is 3. The Hall–Kier alpha value is -1.77. The fourth-order valence-electron chi connectivity index (χ4n) is 1.38. The second-order valence-electron chi connectivity index (χ2n) is 3.38. The van der Waals surface area contributed by atoms with Crippen molar-refractivity contribution in [2.45, 2.75) is 6.18 Å². The van der Waals surface area contributed by atoms with E-state index in [2.05, 4.69) is 9.97 Å². The standard InChI is InChI=1S/C9H13F3N4O2/c1-18-8-6(13)7(14-5-15-8)16(2-3-17)4-9(10,11)12/h5,17H,2-4,13H2,1H3. The fourth-order valence-corrected chi connectivity index (χ4v) is 1.38. The fraction of sp³-hybridized carbons (Fsp3) is 0.556. The van der Waals surface area contributed by atoms with Crippen LogP contribution in [0.25, 0.3) is 0 Å². The van der Waals surface area contributed by atoms with E-state index >= 15 is 0 Å². The maximum atomic E-state index is 12.4. The molecule has 0 aliphatic rings. The predicted molar refractivity (Wildman–Crippen MR) is 58.4 cm³/mol. The molecule has 0 atom stereocenters. The van der Waals surface area contributed by atoms with Crippen molar-refractivity contribution in [3.8, 4) is 5.88 Å². The largest absolute Gasteiger partial charge is 0.479 e. The molecule has 0 aliphatic heterocycles. The number of rotatable bonds is 5. The van der Waals surface area contributed by atoms with Gasteiger partial charge < -0.3 is 20.5 Å². The molecule has 1 heterocycles. The number of aliphatic hydroxyl groups excluding tert-OH is 1. The molecule has 0 bridgehead atoms. The summed E-state index contributed by atoms with van der Waals surface area (Å²) in [5.41, 5.74) is 5.50. The highest BCUT2D eigenvalue weighted by atomic mass is 19.4. The molecule has 102 valence electrons. The Morgan fingerprint density at radius 3 is 2.61 bits per heavy atom. The average molecular weight is 266 g/mol. The summed E-state index contributed by atoms with van der Waals surface area (Å²) < 4.78 is 42.0. The van der Waals surface area contributed by atoms with Gasteiger partial charge in [0.05, 0.1) is 13.7 Å². The molecule has 0 aliphatic carbocycles. The number of hydrogen-bond acceptors (Lipinski definition) is 6. The van der Waals surface area contributed by atoms with Crippen LogP contribution < -0.4 is 15.4 Å². The maximum absolute atomic E-state index is 12.4. The minimum atomic E-state index is -4.43. The molecule has 18 heavy (non-hydrogen) atoms. The number of nitrogen functional groups attached to an aromatic ring is 1. The third kappa shape index (κ3) is 3.62. The first kappa shape index (κ1) is 14.3. The minimum Gasteiger partial charge on any atom is -0.479 e. The minimum absolute atomic E-state index is 0.00915. The van der Waals surface area contributed by atoms with Crippen molar-refractivity contribution < 1.29 is 23.0 Å². The van der Waals surface area contributed by atoms with Gasteiger partial charge in [-0.15, -0.1) is 0 Å². The van der Waals surface area contributed by atoms with E-state index in [0.29, 0.717) is 0 Å². The summed E-state index contributed by atoms with van der Waals surface area (Å²) in [7, 11) is 1.29. The van der Waals surface area contributed by atoms with Crippen molar-refractivity contribution >= 4 is 11.5 Å². The van der Waals surface area contributed by atoms with Gasteiger partial charge in [0.2, 0.25) is 5.88 Å². The lowest BCUT2D eigenvalue weighted by atomic mass is 10.3. The quantitative estimate of drug-likeness (QED) is 0.804. The van der Waals surface area contributed by atoms with E-state index in [9.17, 15) is 13.2 Å². The lowest BCUT2D eigenvalue weighted by Gasteiger charge is -2.25. The molecular formula is C9H13F3N4O2. The van der Waals surface area contributed by atoms with E-state index in [1.54, 1.807) is 0 Å². The Kier molecular flexibility index (Phi) is 4.54. The SMILES string of the molecule is COc1ncnc(N(CCO)CC(F)(F)F)c1N. The second-order valence-corrected chi connectivity index (χ2v) is 3.38. The molecule has 1 aromatic rings. The lowest BCUT2D eigenvalue weighted by molar-refractivity contribution is -0.119. The molecule has 0 saturated heterocycles. The molecule has 1 aromatic heterocycles. The third-order valence-corrected chi connectivity index (χ3v) is 2.06. The molecule has 0 aromatic carbocycles. The van der Waals surface area contributed by atoms with Crippen LogP contribution in [0.2, 0.25) is 0 Å². The number of hydrogen-bond donors (Lipinski definition) is 2. The maximum Gasteiger partial charge on any atom is 0.405 e. The Bertz CT molecular complexity index is 400. The molecular weight excluding hydrogens is 253 g/mol. The zero-order valence-electron chi connectivity index (χ0n) is 9.61. The van der Waals surface area contributed by atoms with Crippen molar-refractivity contribution in [1.82, 2.24) is 9.97 Å². The highest BCUT2D eigenvalue weighted by Gasteiger charge is 2.32. The number of aliphatic hydroxyl groups is 1. The number of nitrogens with zero attached hydrogens (tertiary/aromatic N) is 3. The number of alkyl halides is 3. The first-order chi connectivity index (χ1) is 8.39. The first-order valence-corrected chi connectivity index (χ1v) is 4.96. The van der Waals surface area contributed by atoms with Crippen LogP contribution in [0, 0.1) is 0 Å². The van der Waals surface area contributed by atoms with Crippen LogP contribution in [0.1, 0.15) is 0 Å². The van der Waals surface area contributed by atoms with Gasteiger partial charge in [-0.3, -0.25) is 0 Å². The number of nitrogens with two attached hydrogens (primary N) is 1. The van der Waals surface area contributed by atoms with Gasteiger partial charge in [0.1, 0.15) is 18.6 Å². The van der Waals surface area contributed by atoms with E-state index in [-0.39, 0.29) is 23.9 Å². The summed E-state index contributed by atoms with van der Waals surface area (Å²) in [5.74, 6) is -0.127. The molecule has 0 unspecified atom stereocenters. The zero-order valence-corrected chi connectivity index (χ0v) is 9.61. The van der Waals surface area contributed by atoms with Gasteiger partial charge in [-0.25, -0.2) is 4.98 Å². The van der Waals surface area contributed by atoms with Gasteiger partial charge in [0.15, 0.2) is 5.82 Å². The first-order valence-electron chi connectivity index (χ1n) is 4.96. The average Bonchev–Trinajstić information content (AvgIpc) is 2.27. The van der Waals surface area contributed by atoms with Crippen molar-refractivity contribution in [2.24, 2.45) is 0 Å². The van der Waals surface area contributed by atoms with Gasteiger partial charge in [-0.2, -0.15) is 18.2 Å². The molecule has 9 heteroatoms. The van der Waals surface area contributed by atoms with Crippen molar-refractivity contribution in [2.75, 3.05) is 37.4 Å². The summed E-state index contributed by atoms with van der Waals surface area (Å²) in [6, 6.07) is 0. The highest BCUT2D eigenvalue weighted by Crippen LogP contribution is 2.29. The molecule has 6 nitrogen and oxygen atoms in total. The number of methoxy groups -OCH3 is 1. The Morgan fingerprint density at radius 2 is 2.11 bits per heavy atom. The molecule has 0 saturated carbocycles. The van der Waals surface area contributed by atoms with Gasteiger partial charge in [0, 0.05) is 6.54 Å². The zero-order chi connectivity index (χ0) is 13.8. The number of ether oxygens (including phenoxy) is 1. The summed E-state index contributed by atoms with van der Waals surface area (Å²) in [6.07, 6.45) is -3.38. The van der Waals surface area contributed by atoms with Gasteiger partial charge in [-0.1, -0.05) is 0 Å². The normalized spacial score (nSPS) is 11.4. The van der Waals surface area contributed by atoms with E-state index < -0.39 is 19.3 Å². The van der Waals surface area contributed by atoms with Gasteiger partial charge >= 0.3 is 6.18 Å². The van der Waals surface area contributed by atoms with Gasteiger partial charge in [0.25, 0.3) is 0 Å². The summed E-state index contributed by atoms with van der Waals surface area (Å²) in [6.45, 7) is -1.97. The number of anilines is 2. The van der Waals surface area contributed by atoms with Crippen LogP contribution in [-0.4, -0.2) is 48.1 Å². The Balaban J connectivity index is 3.05. The van der Waals surface area contributed by atoms with Crippen molar-refractivity contribution in [1.29, 1.82) is 0 Å². The van der Waals surface area contributed by atoms with Crippen LogP contribution in [-0.2, 0) is 0 Å². The second kappa shape index (κ2) is 5.71. The Labute approximate surface area is 101 Å². The van der Waals surface area contributed by atoms with E-state index in [4.69, 9.17) is 15.6 Å². The summed E-state index contributed by atoms with van der Waals surface area (Å²) >= 11 is 0. The van der Waals surface area contributed by atoms with Crippen LogP contribution in [0.3, 0.4) is 0 Å². The summed E-state index contributed by atoms with van der Waals surface area (Å²) in [5, 5.41) is 8.79. The molecule has 1 rings (SSSR count). The monoisotopic (exact) mass is 266 g/mol. The number of aromatic nitrogens is 2. The van der Waals surface area contributed by atoms with E-state index in [1.807, 2.05) is 0 Å².